The Morgan fingerprint density at radius 1 is 1.39 bits per heavy atom. The molecule has 0 bridgehead atoms. The van der Waals surface area contributed by atoms with Crippen molar-refractivity contribution in [3.63, 3.8) is 0 Å². The predicted molar refractivity (Wildman–Crippen MR) is 66.6 cm³/mol. The van der Waals surface area contributed by atoms with Crippen LogP contribution in [-0.4, -0.2) is 29.6 Å². The molecule has 0 aliphatic carbocycles. The number of hydrogen-bond acceptors (Lipinski definition) is 4. The van der Waals surface area contributed by atoms with Crippen LogP contribution in [0.15, 0.2) is 18.2 Å². The zero-order valence-electron chi connectivity index (χ0n) is 10.1. The fourth-order valence-electron chi connectivity index (χ4n) is 1.49. The second-order valence-corrected chi connectivity index (χ2v) is 4.05. The molecule has 0 aliphatic heterocycles. The van der Waals surface area contributed by atoms with E-state index < -0.39 is 17.9 Å². The highest BCUT2D eigenvalue weighted by Gasteiger charge is 2.10. The number of aryl methyl sites for hydroxylation is 1. The highest BCUT2D eigenvalue weighted by molar-refractivity contribution is 5.93. The lowest BCUT2D eigenvalue weighted by atomic mass is 10.0. The Kier molecular flexibility index (Phi) is 4.82. The van der Waals surface area contributed by atoms with Gasteiger partial charge in [0.05, 0.1) is 0 Å². The van der Waals surface area contributed by atoms with Gasteiger partial charge < -0.3 is 21.9 Å². The fraction of sp³-hybridized carbons (Fsp3) is 0.333. The van der Waals surface area contributed by atoms with Crippen molar-refractivity contribution in [2.24, 2.45) is 11.5 Å². The average molecular weight is 251 g/mol. The number of aliphatic hydroxyl groups is 1. The number of carbonyl (C=O) groups excluding carboxylic acids is 2. The van der Waals surface area contributed by atoms with Crippen LogP contribution in [-0.2, 0) is 11.3 Å². The molecule has 1 aromatic carbocycles. The Balaban J connectivity index is 2.58. The number of nitrogens with one attached hydrogen (secondary N) is 1. The van der Waals surface area contributed by atoms with Crippen LogP contribution in [0.2, 0.25) is 0 Å². The van der Waals surface area contributed by atoms with Gasteiger partial charge in [0, 0.05) is 18.7 Å². The van der Waals surface area contributed by atoms with E-state index in [0.29, 0.717) is 12.1 Å². The summed E-state index contributed by atoms with van der Waals surface area (Å²) in [5.74, 6) is -1.23. The van der Waals surface area contributed by atoms with Crippen LogP contribution < -0.4 is 16.8 Å². The first-order chi connectivity index (χ1) is 8.41. The van der Waals surface area contributed by atoms with E-state index >= 15 is 0 Å². The molecule has 6 heteroatoms. The molecule has 0 saturated heterocycles. The van der Waals surface area contributed by atoms with Crippen molar-refractivity contribution in [2.45, 2.75) is 19.6 Å². The molecule has 1 atom stereocenters. The largest absolute Gasteiger partial charge is 0.382 e. The number of hydrogen-bond donors (Lipinski definition) is 4. The molecule has 1 unspecified atom stereocenters. The third-order valence-electron chi connectivity index (χ3n) is 2.61. The molecule has 6 N–H and O–H groups in total. The van der Waals surface area contributed by atoms with E-state index in [1.54, 1.807) is 18.2 Å². The van der Waals surface area contributed by atoms with E-state index in [2.05, 4.69) is 5.32 Å². The van der Waals surface area contributed by atoms with E-state index in [1.807, 2.05) is 6.92 Å². The average Bonchev–Trinajstić information content (AvgIpc) is 2.30. The molecule has 2 amide bonds. The van der Waals surface area contributed by atoms with E-state index in [-0.39, 0.29) is 6.54 Å². The monoisotopic (exact) mass is 251 g/mol. The van der Waals surface area contributed by atoms with Gasteiger partial charge in [-0.2, -0.15) is 0 Å². The minimum atomic E-state index is -1.20. The number of primary amides is 2. The normalized spacial score (nSPS) is 12.1. The molecule has 0 spiro atoms. The van der Waals surface area contributed by atoms with Crippen LogP contribution in [0.25, 0.3) is 0 Å². The van der Waals surface area contributed by atoms with Crippen LogP contribution in [0, 0.1) is 6.92 Å². The van der Waals surface area contributed by atoms with E-state index in [1.165, 1.54) is 0 Å². The maximum absolute atomic E-state index is 11.0. The van der Waals surface area contributed by atoms with Gasteiger partial charge in [0.25, 0.3) is 0 Å². The van der Waals surface area contributed by atoms with Crippen molar-refractivity contribution < 1.29 is 14.7 Å². The summed E-state index contributed by atoms with van der Waals surface area (Å²) in [5.41, 5.74) is 12.4. The summed E-state index contributed by atoms with van der Waals surface area (Å²) < 4.78 is 0. The molecule has 0 aromatic heterocycles. The summed E-state index contributed by atoms with van der Waals surface area (Å²) in [6.07, 6.45) is -1.20. The molecule has 1 aromatic rings. The SMILES string of the molecule is Cc1cc(C(N)=O)ccc1CNCC(O)C(N)=O. The molecule has 0 heterocycles. The van der Waals surface area contributed by atoms with Crippen molar-refractivity contribution >= 4 is 11.8 Å². The summed E-state index contributed by atoms with van der Waals surface area (Å²) in [6.45, 7) is 2.41. The number of amides is 2. The van der Waals surface area contributed by atoms with Gasteiger partial charge in [0.15, 0.2) is 0 Å². The van der Waals surface area contributed by atoms with E-state index in [9.17, 15) is 14.7 Å². The van der Waals surface area contributed by atoms with Crippen molar-refractivity contribution in [3.05, 3.63) is 34.9 Å². The Morgan fingerprint density at radius 3 is 2.56 bits per heavy atom. The summed E-state index contributed by atoms with van der Waals surface area (Å²) in [4.78, 5) is 21.6. The van der Waals surface area contributed by atoms with Crippen molar-refractivity contribution in [1.82, 2.24) is 5.32 Å². The van der Waals surface area contributed by atoms with Gasteiger partial charge in [0.2, 0.25) is 11.8 Å². The van der Waals surface area contributed by atoms with E-state index in [0.717, 1.165) is 11.1 Å². The van der Waals surface area contributed by atoms with Crippen LogP contribution in [0.4, 0.5) is 0 Å². The third kappa shape index (κ3) is 3.83. The zero-order valence-corrected chi connectivity index (χ0v) is 10.1. The number of aliphatic hydroxyl groups excluding tert-OH is 1. The minimum Gasteiger partial charge on any atom is -0.382 e. The van der Waals surface area contributed by atoms with Crippen molar-refractivity contribution in [3.8, 4) is 0 Å². The summed E-state index contributed by atoms with van der Waals surface area (Å²) in [5, 5.41) is 12.1. The van der Waals surface area contributed by atoms with Crippen LogP contribution in [0.5, 0.6) is 0 Å². The van der Waals surface area contributed by atoms with Crippen LogP contribution >= 0.6 is 0 Å². The Bertz CT molecular complexity index is 460. The quantitative estimate of drug-likeness (QED) is 0.520. The van der Waals surface area contributed by atoms with Crippen LogP contribution in [0.1, 0.15) is 21.5 Å². The first kappa shape index (κ1) is 14.1. The molecule has 1 rings (SSSR count). The van der Waals surface area contributed by atoms with Gasteiger partial charge in [-0.05, 0) is 30.2 Å². The Hall–Kier alpha value is -1.92. The standard InChI is InChI=1S/C12H17N3O3/c1-7-4-8(11(13)17)2-3-9(7)5-15-6-10(16)12(14)18/h2-4,10,15-16H,5-6H2,1H3,(H2,13,17)(H2,14,18). The lowest BCUT2D eigenvalue weighted by Gasteiger charge is -2.10. The predicted octanol–water partition coefficient (Wildman–Crippen LogP) is -0.970. The maximum Gasteiger partial charge on any atom is 0.248 e. The number of benzene rings is 1. The zero-order chi connectivity index (χ0) is 13.7. The summed E-state index contributed by atoms with van der Waals surface area (Å²) >= 11 is 0. The van der Waals surface area contributed by atoms with Gasteiger partial charge >= 0.3 is 0 Å². The molecule has 18 heavy (non-hydrogen) atoms. The molecule has 0 aliphatic rings. The highest BCUT2D eigenvalue weighted by Crippen LogP contribution is 2.10. The fourth-order valence-corrected chi connectivity index (χ4v) is 1.49. The Labute approximate surface area is 105 Å². The van der Waals surface area contributed by atoms with Gasteiger partial charge in [0.1, 0.15) is 6.10 Å². The summed E-state index contributed by atoms with van der Waals surface area (Å²) in [7, 11) is 0. The maximum atomic E-state index is 11.0. The minimum absolute atomic E-state index is 0.0896. The van der Waals surface area contributed by atoms with Gasteiger partial charge in [-0.1, -0.05) is 6.07 Å². The van der Waals surface area contributed by atoms with Gasteiger partial charge in [-0.15, -0.1) is 0 Å². The van der Waals surface area contributed by atoms with Crippen molar-refractivity contribution in [2.75, 3.05) is 6.54 Å². The molecule has 6 nitrogen and oxygen atoms in total. The third-order valence-corrected chi connectivity index (χ3v) is 2.61. The molecule has 0 saturated carbocycles. The molecular weight excluding hydrogens is 234 g/mol. The van der Waals surface area contributed by atoms with Crippen LogP contribution in [0.3, 0.4) is 0 Å². The second kappa shape index (κ2) is 6.13. The lowest BCUT2D eigenvalue weighted by molar-refractivity contribution is -0.125. The molecule has 0 radical (unpaired) electrons. The van der Waals surface area contributed by atoms with Gasteiger partial charge in [-0.3, -0.25) is 9.59 Å². The number of carbonyl (C=O) groups is 2. The first-order valence-corrected chi connectivity index (χ1v) is 5.49. The molecular formula is C12H17N3O3. The molecule has 0 fully saturated rings. The van der Waals surface area contributed by atoms with Gasteiger partial charge in [-0.25, -0.2) is 0 Å². The number of nitrogens with two attached hydrogens (primary N) is 2. The molecule has 98 valence electrons. The topological polar surface area (TPSA) is 118 Å². The second-order valence-electron chi connectivity index (χ2n) is 4.05. The number of rotatable bonds is 6. The van der Waals surface area contributed by atoms with Crippen molar-refractivity contribution in [1.29, 1.82) is 0 Å². The first-order valence-electron chi connectivity index (χ1n) is 5.49. The summed E-state index contributed by atoms with van der Waals surface area (Å²) in [6, 6.07) is 5.11. The highest BCUT2D eigenvalue weighted by atomic mass is 16.3. The smallest absolute Gasteiger partial charge is 0.248 e. The van der Waals surface area contributed by atoms with E-state index in [4.69, 9.17) is 11.5 Å². The lowest BCUT2D eigenvalue weighted by Crippen LogP contribution is -2.37. The Morgan fingerprint density at radius 2 is 2.06 bits per heavy atom.